The zero-order chi connectivity index (χ0) is 24.1. The van der Waals surface area contributed by atoms with Crippen LogP contribution >= 0.6 is 27.5 Å². The molecule has 0 amide bonds. The van der Waals surface area contributed by atoms with Crippen molar-refractivity contribution in [1.29, 1.82) is 0 Å². The van der Waals surface area contributed by atoms with Crippen LogP contribution in [0.25, 0.3) is 0 Å². The first-order valence-corrected chi connectivity index (χ1v) is 11.1. The Balaban J connectivity index is 1.71. The molecule has 33 heavy (non-hydrogen) atoms. The summed E-state index contributed by atoms with van der Waals surface area (Å²) >= 11 is 9.33. The van der Waals surface area contributed by atoms with E-state index in [0.717, 1.165) is 10.5 Å². The Hall–Kier alpha value is -2.29. The maximum absolute atomic E-state index is 14.2. The molecule has 0 radical (unpaired) electrons. The summed E-state index contributed by atoms with van der Waals surface area (Å²) in [6.07, 6.45) is -4.78. The van der Waals surface area contributed by atoms with Gasteiger partial charge in [0.15, 0.2) is 16.4 Å². The van der Waals surface area contributed by atoms with Crippen molar-refractivity contribution < 1.29 is 31.8 Å². The van der Waals surface area contributed by atoms with Crippen LogP contribution in [-0.4, -0.2) is 19.4 Å². The van der Waals surface area contributed by atoms with Crippen LogP contribution in [0.2, 0.25) is 0 Å². The highest BCUT2D eigenvalue weighted by molar-refractivity contribution is 9.10. The fourth-order valence-electron chi connectivity index (χ4n) is 2.97. The molecule has 1 unspecified atom stereocenters. The summed E-state index contributed by atoms with van der Waals surface area (Å²) in [4.78, 5) is -2.76. The van der Waals surface area contributed by atoms with Crippen LogP contribution in [0.4, 0.5) is 17.6 Å². The topological polar surface area (TPSA) is 27.7 Å². The number of ether oxygens (including phenoxy) is 3. The molecule has 9 heteroatoms. The van der Waals surface area contributed by atoms with Gasteiger partial charge >= 0.3 is 6.18 Å². The van der Waals surface area contributed by atoms with Gasteiger partial charge in [0.1, 0.15) is 11.5 Å². The molecule has 0 saturated carbocycles. The molecule has 0 aliphatic heterocycles. The average Bonchev–Trinajstić information content (AvgIpc) is 2.77. The highest BCUT2D eigenvalue weighted by atomic mass is 79.9. The van der Waals surface area contributed by atoms with Crippen LogP contribution in [0.15, 0.2) is 71.2 Å². The van der Waals surface area contributed by atoms with E-state index in [2.05, 4.69) is 15.9 Å². The number of hydrogen-bond donors (Lipinski definition) is 0. The van der Waals surface area contributed by atoms with Crippen molar-refractivity contribution >= 4 is 27.5 Å². The molecule has 3 aromatic rings. The molecule has 0 aliphatic carbocycles. The van der Waals surface area contributed by atoms with Crippen LogP contribution in [0, 0.1) is 5.82 Å². The molecule has 0 aliphatic rings. The van der Waals surface area contributed by atoms with Gasteiger partial charge in [0.25, 0.3) is 0 Å². The minimum absolute atomic E-state index is 0.0714. The molecule has 3 nitrogen and oxygen atoms in total. The van der Waals surface area contributed by atoms with E-state index in [1.165, 1.54) is 36.4 Å². The van der Waals surface area contributed by atoms with Crippen LogP contribution in [0.3, 0.4) is 0 Å². The second kappa shape index (κ2) is 10.8. The summed E-state index contributed by atoms with van der Waals surface area (Å²) in [6.45, 7) is 1.10. The number of alkyl halides is 4. The Morgan fingerprint density at radius 2 is 1.55 bits per heavy atom. The molecule has 0 saturated heterocycles. The number of halogens is 6. The maximum atomic E-state index is 14.2. The predicted molar refractivity (Wildman–Crippen MR) is 121 cm³/mol. The van der Waals surface area contributed by atoms with Gasteiger partial charge in [-0.3, -0.25) is 0 Å². The molecule has 0 aromatic heterocycles. The van der Waals surface area contributed by atoms with E-state index in [1.54, 1.807) is 31.2 Å². The van der Waals surface area contributed by atoms with Gasteiger partial charge in [0, 0.05) is 4.47 Å². The summed E-state index contributed by atoms with van der Waals surface area (Å²) in [7, 11) is 0. The van der Waals surface area contributed by atoms with E-state index < -0.39 is 23.5 Å². The van der Waals surface area contributed by atoms with Gasteiger partial charge < -0.3 is 14.2 Å². The SMILES string of the molecule is CCOc1ccc(C(Cl)(COCc2ccc(F)c(Oc3ccc(Br)cc3)c2)C(F)(F)F)cc1. The zero-order valence-corrected chi connectivity index (χ0v) is 19.8. The minimum atomic E-state index is -4.78. The van der Waals surface area contributed by atoms with E-state index in [-0.39, 0.29) is 17.9 Å². The summed E-state index contributed by atoms with van der Waals surface area (Å²) in [5.74, 6) is 0.159. The van der Waals surface area contributed by atoms with Crippen molar-refractivity contribution in [1.82, 2.24) is 0 Å². The maximum Gasteiger partial charge on any atom is 0.413 e. The smallest absolute Gasteiger partial charge is 0.413 e. The standard InChI is InChI=1S/C24H20BrClF4O3/c1-2-32-19-8-4-17(5-9-19)23(26,24(28,29)30)15-31-14-16-3-12-21(27)22(13-16)33-20-10-6-18(25)7-11-20/h3-13H,2,14-15H2,1H3. The quantitative estimate of drug-likeness (QED) is 0.201. The summed E-state index contributed by atoms with van der Waals surface area (Å²) in [5.41, 5.74) is 0.259. The first-order chi connectivity index (χ1) is 15.6. The van der Waals surface area contributed by atoms with Gasteiger partial charge in [-0.2, -0.15) is 13.2 Å². The monoisotopic (exact) mass is 546 g/mol. The Labute approximate surface area is 202 Å². The third-order valence-electron chi connectivity index (χ3n) is 4.68. The lowest BCUT2D eigenvalue weighted by atomic mass is 9.98. The Morgan fingerprint density at radius 1 is 0.909 bits per heavy atom. The van der Waals surface area contributed by atoms with E-state index in [1.807, 2.05) is 0 Å². The number of hydrogen-bond acceptors (Lipinski definition) is 3. The second-order valence-corrected chi connectivity index (χ2v) is 8.63. The van der Waals surface area contributed by atoms with E-state index in [4.69, 9.17) is 25.8 Å². The summed E-state index contributed by atoms with van der Waals surface area (Å²) < 4.78 is 72.6. The molecule has 0 fully saturated rings. The summed E-state index contributed by atoms with van der Waals surface area (Å²) in [6, 6.07) is 16.1. The molecule has 3 rings (SSSR count). The molecule has 3 aromatic carbocycles. The predicted octanol–water partition coefficient (Wildman–Crippen LogP) is 7.99. The fraction of sp³-hybridized carbons (Fsp3) is 0.250. The normalized spacial score (nSPS) is 13.4. The van der Waals surface area contributed by atoms with E-state index in [0.29, 0.717) is 23.7 Å². The molecule has 176 valence electrons. The highest BCUT2D eigenvalue weighted by Gasteiger charge is 2.55. The lowest BCUT2D eigenvalue weighted by Crippen LogP contribution is -2.41. The zero-order valence-electron chi connectivity index (χ0n) is 17.5. The Morgan fingerprint density at radius 3 is 2.15 bits per heavy atom. The second-order valence-electron chi connectivity index (χ2n) is 7.07. The van der Waals surface area contributed by atoms with Crippen molar-refractivity contribution in [2.24, 2.45) is 0 Å². The Bertz CT molecular complexity index is 1060. The molecule has 0 bridgehead atoms. The summed E-state index contributed by atoms with van der Waals surface area (Å²) in [5, 5.41) is 0. The number of benzene rings is 3. The van der Waals surface area contributed by atoms with Crippen molar-refractivity contribution in [3.8, 4) is 17.2 Å². The Kier molecular flexibility index (Phi) is 8.26. The number of rotatable bonds is 9. The van der Waals surface area contributed by atoms with Gasteiger partial charge in [0.05, 0.1) is 19.8 Å². The highest BCUT2D eigenvalue weighted by Crippen LogP contribution is 2.45. The molecule has 0 N–H and O–H groups in total. The third-order valence-corrected chi connectivity index (χ3v) is 5.75. The molecular formula is C24H20BrClF4O3. The lowest BCUT2D eigenvalue weighted by molar-refractivity contribution is -0.179. The van der Waals surface area contributed by atoms with Crippen molar-refractivity contribution in [3.05, 3.63) is 88.1 Å². The first-order valence-electron chi connectivity index (χ1n) is 9.91. The van der Waals surface area contributed by atoms with Gasteiger partial charge in [-0.15, -0.1) is 11.6 Å². The van der Waals surface area contributed by atoms with Crippen LogP contribution in [0.1, 0.15) is 18.1 Å². The van der Waals surface area contributed by atoms with Crippen LogP contribution in [0.5, 0.6) is 17.2 Å². The van der Waals surface area contributed by atoms with Gasteiger partial charge in [0.2, 0.25) is 0 Å². The fourth-order valence-corrected chi connectivity index (χ4v) is 3.43. The lowest BCUT2D eigenvalue weighted by Gasteiger charge is -2.30. The molecule has 0 spiro atoms. The molecule has 0 heterocycles. The largest absolute Gasteiger partial charge is 0.494 e. The van der Waals surface area contributed by atoms with Crippen LogP contribution < -0.4 is 9.47 Å². The van der Waals surface area contributed by atoms with E-state index >= 15 is 0 Å². The van der Waals surface area contributed by atoms with E-state index in [9.17, 15) is 17.6 Å². The van der Waals surface area contributed by atoms with Crippen molar-refractivity contribution in [2.75, 3.05) is 13.2 Å². The van der Waals surface area contributed by atoms with Gasteiger partial charge in [-0.25, -0.2) is 4.39 Å². The van der Waals surface area contributed by atoms with Crippen molar-refractivity contribution in [3.63, 3.8) is 0 Å². The van der Waals surface area contributed by atoms with Gasteiger partial charge in [-0.1, -0.05) is 34.1 Å². The molecular weight excluding hydrogens is 528 g/mol. The molecule has 1 atom stereocenters. The van der Waals surface area contributed by atoms with Crippen LogP contribution in [-0.2, 0) is 16.2 Å². The minimum Gasteiger partial charge on any atom is -0.494 e. The average molecular weight is 548 g/mol. The third kappa shape index (κ3) is 6.40. The van der Waals surface area contributed by atoms with Crippen molar-refractivity contribution in [2.45, 2.75) is 24.6 Å². The van der Waals surface area contributed by atoms with Gasteiger partial charge in [-0.05, 0) is 66.6 Å². The first kappa shape index (κ1) is 25.3.